The smallest absolute Gasteiger partial charge is 0.325 e. The number of aromatic nitrogens is 4. The number of nitrogens with one attached hydrogen (secondary N) is 1. The molecule has 32 heavy (non-hydrogen) atoms. The first kappa shape index (κ1) is 23.6. The average Bonchev–Trinajstić information content (AvgIpc) is 3.11. The highest BCUT2D eigenvalue weighted by molar-refractivity contribution is 7.99. The summed E-state index contributed by atoms with van der Waals surface area (Å²) >= 11 is 0.988. The molecule has 1 amide bonds. The van der Waals surface area contributed by atoms with Gasteiger partial charge in [0.15, 0.2) is 16.3 Å². The summed E-state index contributed by atoms with van der Waals surface area (Å²) in [6, 6.07) is 4.72. The zero-order valence-electron chi connectivity index (χ0n) is 17.7. The summed E-state index contributed by atoms with van der Waals surface area (Å²) in [5, 5.41) is 2.63. The number of hydrogen-bond acceptors (Lipinski definition) is 5. The van der Waals surface area contributed by atoms with Crippen molar-refractivity contribution in [3.8, 4) is 0 Å². The fraction of sp³-hybridized carbons (Fsp3) is 0.400. The van der Waals surface area contributed by atoms with Crippen molar-refractivity contribution in [2.24, 2.45) is 14.1 Å². The number of halogens is 3. The number of imidazole rings is 1. The van der Waals surface area contributed by atoms with Crippen LogP contribution in [0, 0.1) is 0 Å². The van der Waals surface area contributed by atoms with Gasteiger partial charge in [-0.2, -0.15) is 13.2 Å². The third-order valence-electron chi connectivity index (χ3n) is 4.89. The molecule has 0 fully saturated rings. The number of benzene rings is 1. The number of unbranched alkanes of at least 4 members (excludes halogenated alkanes) is 1. The van der Waals surface area contributed by atoms with Gasteiger partial charge in [-0.1, -0.05) is 37.2 Å². The largest absolute Gasteiger partial charge is 0.418 e. The molecule has 0 atom stereocenters. The molecule has 0 aliphatic carbocycles. The average molecular weight is 469 g/mol. The molecule has 0 radical (unpaired) electrons. The minimum Gasteiger partial charge on any atom is -0.325 e. The van der Waals surface area contributed by atoms with E-state index in [-0.39, 0.29) is 22.6 Å². The topological polar surface area (TPSA) is 90.9 Å². The van der Waals surface area contributed by atoms with Gasteiger partial charge in [-0.3, -0.25) is 18.7 Å². The molecule has 1 aromatic carbocycles. The highest BCUT2D eigenvalue weighted by Crippen LogP contribution is 2.34. The second-order valence-electron chi connectivity index (χ2n) is 7.16. The second kappa shape index (κ2) is 9.23. The number of nitrogens with zero attached hydrogens (tertiary/aromatic N) is 4. The molecule has 0 aliphatic heterocycles. The number of aryl methyl sites for hydroxylation is 2. The van der Waals surface area contributed by atoms with E-state index in [1.54, 1.807) is 4.57 Å². The third kappa shape index (κ3) is 4.59. The molecule has 0 saturated heterocycles. The minimum absolute atomic E-state index is 0.194. The highest BCUT2D eigenvalue weighted by Gasteiger charge is 2.33. The molecule has 0 bridgehead atoms. The summed E-state index contributed by atoms with van der Waals surface area (Å²) in [6.45, 7) is 2.42. The standard InChI is InChI=1S/C20H22F3N5O3S/c1-4-5-10-28-15-16(26(2)19(31)27(3)17(15)30)25-18(28)32-11-14(29)24-13-9-7-6-8-12(13)20(21,22)23/h6-9H,4-5,10-11H2,1-3H3,(H,24,29). The molecular weight excluding hydrogens is 447 g/mol. The van der Waals surface area contributed by atoms with Crippen molar-refractivity contribution in [2.75, 3.05) is 11.1 Å². The molecule has 0 saturated carbocycles. The van der Waals surface area contributed by atoms with Crippen molar-refractivity contribution in [1.82, 2.24) is 18.7 Å². The van der Waals surface area contributed by atoms with Gasteiger partial charge < -0.3 is 9.88 Å². The van der Waals surface area contributed by atoms with Crippen LogP contribution in [-0.2, 0) is 31.6 Å². The monoisotopic (exact) mass is 469 g/mol. The molecule has 0 spiro atoms. The van der Waals surface area contributed by atoms with Crippen LogP contribution in [-0.4, -0.2) is 30.3 Å². The van der Waals surface area contributed by atoms with E-state index in [0.717, 1.165) is 35.2 Å². The fourth-order valence-corrected chi connectivity index (χ4v) is 4.04. The Morgan fingerprint density at radius 3 is 2.50 bits per heavy atom. The zero-order chi connectivity index (χ0) is 23.6. The lowest BCUT2D eigenvalue weighted by Gasteiger charge is -2.13. The molecule has 8 nitrogen and oxygen atoms in total. The maximum Gasteiger partial charge on any atom is 0.418 e. The van der Waals surface area contributed by atoms with Crippen molar-refractivity contribution in [2.45, 2.75) is 37.6 Å². The van der Waals surface area contributed by atoms with Gasteiger partial charge in [0.2, 0.25) is 5.91 Å². The van der Waals surface area contributed by atoms with Gasteiger partial charge in [-0.25, -0.2) is 9.78 Å². The summed E-state index contributed by atoms with van der Waals surface area (Å²) in [5.41, 5.74) is -1.86. The van der Waals surface area contributed by atoms with E-state index in [2.05, 4.69) is 10.3 Å². The van der Waals surface area contributed by atoms with Crippen LogP contribution in [0.4, 0.5) is 18.9 Å². The van der Waals surface area contributed by atoms with E-state index in [4.69, 9.17) is 0 Å². The summed E-state index contributed by atoms with van der Waals surface area (Å²) < 4.78 is 43.3. The summed E-state index contributed by atoms with van der Waals surface area (Å²) in [7, 11) is 2.87. The predicted octanol–water partition coefficient (Wildman–Crippen LogP) is 2.98. The van der Waals surface area contributed by atoms with Crippen molar-refractivity contribution >= 4 is 34.5 Å². The number of alkyl halides is 3. The second-order valence-corrected chi connectivity index (χ2v) is 8.10. The number of anilines is 1. The minimum atomic E-state index is -4.60. The van der Waals surface area contributed by atoms with Gasteiger partial charge in [0.1, 0.15) is 0 Å². The maximum atomic E-state index is 13.2. The molecule has 2 heterocycles. The highest BCUT2D eigenvalue weighted by atomic mass is 32.2. The Morgan fingerprint density at radius 2 is 1.84 bits per heavy atom. The molecule has 0 unspecified atom stereocenters. The first-order chi connectivity index (χ1) is 15.1. The number of thioether (sulfide) groups is 1. The SMILES string of the molecule is CCCCn1c(SCC(=O)Nc2ccccc2C(F)(F)F)nc2c1c(=O)n(C)c(=O)n2C. The Hall–Kier alpha value is -3.02. The number of carbonyl (C=O) groups is 1. The number of carbonyl (C=O) groups excluding carboxylic acids is 1. The third-order valence-corrected chi connectivity index (χ3v) is 5.86. The zero-order valence-corrected chi connectivity index (χ0v) is 18.5. The van der Waals surface area contributed by atoms with Crippen LogP contribution in [0.5, 0.6) is 0 Å². The summed E-state index contributed by atoms with van der Waals surface area (Å²) in [6.07, 6.45) is -3.03. The number of amides is 1. The van der Waals surface area contributed by atoms with Crippen LogP contribution in [0.1, 0.15) is 25.3 Å². The van der Waals surface area contributed by atoms with Crippen LogP contribution in [0.3, 0.4) is 0 Å². The summed E-state index contributed by atoms with van der Waals surface area (Å²) in [4.78, 5) is 41.7. The van der Waals surface area contributed by atoms with Crippen molar-refractivity contribution < 1.29 is 18.0 Å². The van der Waals surface area contributed by atoms with E-state index in [1.807, 2.05) is 6.92 Å². The first-order valence-corrected chi connectivity index (χ1v) is 10.8. The normalized spacial score (nSPS) is 11.8. The van der Waals surface area contributed by atoms with Gasteiger partial charge in [-0.15, -0.1) is 0 Å². The van der Waals surface area contributed by atoms with Gasteiger partial charge in [-0.05, 0) is 18.6 Å². The number of hydrogen-bond donors (Lipinski definition) is 1. The van der Waals surface area contributed by atoms with Crippen LogP contribution in [0.15, 0.2) is 39.0 Å². The molecule has 1 N–H and O–H groups in total. The van der Waals surface area contributed by atoms with Crippen molar-refractivity contribution in [3.63, 3.8) is 0 Å². The van der Waals surface area contributed by atoms with Crippen LogP contribution in [0.25, 0.3) is 11.2 Å². The van der Waals surface area contributed by atoms with E-state index in [0.29, 0.717) is 11.7 Å². The molecule has 12 heteroatoms. The number of para-hydroxylation sites is 1. The Bertz CT molecular complexity index is 1280. The lowest BCUT2D eigenvalue weighted by atomic mass is 10.1. The first-order valence-electron chi connectivity index (χ1n) is 9.81. The molecular formula is C20H22F3N5O3S. The number of fused-ring (bicyclic) bond motifs is 1. The predicted molar refractivity (Wildman–Crippen MR) is 116 cm³/mol. The fourth-order valence-electron chi connectivity index (χ4n) is 3.22. The molecule has 0 aliphatic rings. The maximum absolute atomic E-state index is 13.2. The van der Waals surface area contributed by atoms with Crippen LogP contribution < -0.4 is 16.6 Å². The van der Waals surface area contributed by atoms with Gasteiger partial charge in [0.05, 0.1) is 17.0 Å². The molecule has 2 aromatic heterocycles. The van der Waals surface area contributed by atoms with Crippen LogP contribution in [0.2, 0.25) is 0 Å². The van der Waals surface area contributed by atoms with E-state index in [9.17, 15) is 27.6 Å². The molecule has 3 rings (SSSR count). The van der Waals surface area contributed by atoms with Crippen molar-refractivity contribution in [3.05, 3.63) is 50.7 Å². The van der Waals surface area contributed by atoms with Gasteiger partial charge in [0, 0.05) is 20.6 Å². The molecule has 3 aromatic rings. The van der Waals surface area contributed by atoms with Gasteiger partial charge in [0.25, 0.3) is 5.56 Å². The van der Waals surface area contributed by atoms with Crippen LogP contribution >= 0.6 is 11.8 Å². The number of rotatable bonds is 7. The van der Waals surface area contributed by atoms with Crippen molar-refractivity contribution in [1.29, 1.82) is 0 Å². The Kier molecular flexibility index (Phi) is 6.82. The Balaban J connectivity index is 1.90. The quantitative estimate of drug-likeness (QED) is 0.538. The molecule has 172 valence electrons. The lowest BCUT2D eigenvalue weighted by molar-refractivity contribution is -0.137. The Morgan fingerprint density at radius 1 is 1.16 bits per heavy atom. The van der Waals surface area contributed by atoms with E-state index < -0.39 is 28.9 Å². The van der Waals surface area contributed by atoms with E-state index in [1.165, 1.54) is 36.9 Å². The summed E-state index contributed by atoms with van der Waals surface area (Å²) in [5.74, 6) is -0.877. The Labute approximate surface area is 185 Å². The van der Waals surface area contributed by atoms with E-state index >= 15 is 0 Å². The van der Waals surface area contributed by atoms with Gasteiger partial charge >= 0.3 is 11.9 Å². The lowest BCUT2D eigenvalue weighted by Crippen LogP contribution is -2.37.